The first-order valence-corrected chi connectivity index (χ1v) is 4.18. The van der Waals surface area contributed by atoms with Gasteiger partial charge in [0.15, 0.2) is 0 Å². The third kappa shape index (κ3) is 1.13. The topological polar surface area (TPSA) is 6.48 Å². The molecule has 1 unspecified atom stereocenters. The van der Waals surface area contributed by atoms with Gasteiger partial charge in [0, 0.05) is 23.4 Å². The zero-order chi connectivity index (χ0) is 9.46. The molecule has 1 aliphatic rings. The van der Waals surface area contributed by atoms with E-state index in [1.807, 2.05) is 5.01 Å². The molecule has 12 heavy (non-hydrogen) atoms. The molecular formula is C9H15BN2. The van der Waals surface area contributed by atoms with Crippen LogP contribution < -0.4 is 0 Å². The lowest BCUT2D eigenvalue weighted by molar-refractivity contribution is 0.136. The van der Waals surface area contributed by atoms with E-state index < -0.39 is 0 Å². The Hall–Kier alpha value is -0.855. The van der Waals surface area contributed by atoms with E-state index >= 15 is 0 Å². The van der Waals surface area contributed by atoms with Crippen LogP contribution in [0.25, 0.3) is 0 Å². The van der Waals surface area contributed by atoms with E-state index in [2.05, 4.69) is 33.9 Å². The molecule has 0 bridgehead atoms. The Balaban J connectivity index is 2.91. The lowest BCUT2D eigenvalue weighted by atomic mass is 10.1. The molecule has 0 N–H and O–H groups in total. The summed E-state index contributed by atoms with van der Waals surface area (Å²) in [6.07, 6.45) is 0. The summed E-state index contributed by atoms with van der Waals surface area (Å²) >= 11 is 0. The highest BCUT2D eigenvalue weighted by molar-refractivity contribution is 6.05. The van der Waals surface area contributed by atoms with Gasteiger partial charge in [-0.15, -0.1) is 0 Å². The van der Waals surface area contributed by atoms with Crippen molar-refractivity contribution in [1.82, 2.24) is 9.93 Å². The van der Waals surface area contributed by atoms with Crippen LogP contribution in [-0.2, 0) is 0 Å². The van der Waals surface area contributed by atoms with Crippen molar-refractivity contribution in [1.29, 1.82) is 0 Å². The molecule has 1 atom stereocenters. The number of rotatable bonds is 1. The highest BCUT2D eigenvalue weighted by Gasteiger charge is 2.31. The van der Waals surface area contributed by atoms with Gasteiger partial charge in [0.05, 0.1) is 0 Å². The summed E-state index contributed by atoms with van der Waals surface area (Å²) < 4.78 is 0. The van der Waals surface area contributed by atoms with E-state index in [1.165, 1.54) is 0 Å². The van der Waals surface area contributed by atoms with Crippen LogP contribution in [0.15, 0.2) is 24.6 Å². The highest BCUT2D eigenvalue weighted by Crippen LogP contribution is 2.33. The minimum atomic E-state index is 0.261. The molecule has 0 aliphatic carbocycles. The molecule has 0 aromatic carbocycles. The summed E-state index contributed by atoms with van der Waals surface area (Å²) in [7, 11) is 5.80. The fraction of sp³-hybridized carbons (Fsp3) is 0.556. The van der Waals surface area contributed by atoms with Crippen LogP contribution in [0, 0.1) is 5.92 Å². The highest BCUT2D eigenvalue weighted by atomic mass is 15.6. The van der Waals surface area contributed by atoms with E-state index in [-0.39, 0.29) is 5.92 Å². The largest absolute Gasteiger partial charge is 0.347 e. The van der Waals surface area contributed by atoms with E-state index in [0.29, 0.717) is 6.04 Å². The normalized spacial score (nSPS) is 24.5. The van der Waals surface area contributed by atoms with Crippen molar-refractivity contribution in [3.05, 3.63) is 24.6 Å². The Kier molecular flexibility index (Phi) is 2.22. The summed E-state index contributed by atoms with van der Waals surface area (Å²) in [5.41, 5.74) is 1.94. The molecule has 1 rings (SSSR count). The average Bonchev–Trinajstić information content (AvgIpc) is 2.16. The van der Waals surface area contributed by atoms with Crippen molar-refractivity contribution in [2.75, 3.05) is 0 Å². The van der Waals surface area contributed by atoms with Crippen LogP contribution >= 0.6 is 0 Å². The van der Waals surface area contributed by atoms with Gasteiger partial charge in [-0.3, -0.25) is 0 Å². The molecule has 0 aromatic heterocycles. The number of nitrogens with zero attached hydrogens (tertiary/aromatic N) is 2. The lowest BCUT2D eigenvalue weighted by Gasteiger charge is -2.33. The number of hydrazine groups is 1. The average molecular weight is 162 g/mol. The Morgan fingerprint density at radius 2 is 1.83 bits per heavy atom. The van der Waals surface area contributed by atoms with Gasteiger partial charge >= 0.3 is 0 Å². The summed E-state index contributed by atoms with van der Waals surface area (Å²) in [4.78, 5) is 1.59. The zero-order valence-electron chi connectivity index (χ0n) is 8.04. The van der Waals surface area contributed by atoms with Crippen LogP contribution in [0.3, 0.4) is 0 Å². The van der Waals surface area contributed by atoms with Crippen molar-refractivity contribution in [2.24, 2.45) is 5.92 Å². The van der Waals surface area contributed by atoms with Gasteiger partial charge in [0.2, 0.25) is 0 Å². The number of hydrogen-bond donors (Lipinski definition) is 0. The third-order valence-electron chi connectivity index (χ3n) is 2.31. The maximum Gasteiger partial charge on any atom is 0.261 e. The molecule has 2 radical (unpaired) electrons. The van der Waals surface area contributed by atoms with Crippen LogP contribution in [-0.4, -0.2) is 24.0 Å². The van der Waals surface area contributed by atoms with Gasteiger partial charge in [-0.1, -0.05) is 20.1 Å². The van der Waals surface area contributed by atoms with Crippen LogP contribution in [0.1, 0.15) is 20.8 Å². The van der Waals surface area contributed by atoms with Gasteiger partial charge in [-0.2, -0.15) is 0 Å². The molecule has 0 amide bonds. The Morgan fingerprint density at radius 3 is 2.00 bits per heavy atom. The molecule has 2 nitrogen and oxygen atoms in total. The van der Waals surface area contributed by atoms with E-state index in [1.54, 1.807) is 4.92 Å². The minimum Gasteiger partial charge on any atom is -0.347 e. The smallest absolute Gasteiger partial charge is 0.261 e. The molecule has 0 spiro atoms. The molecule has 1 aliphatic heterocycles. The lowest BCUT2D eigenvalue weighted by Crippen LogP contribution is -2.37. The second kappa shape index (κ2) is 2.89. The van der Waals surface area contributed by atoms with Crippen LogP contribution in [0.4, 0.5) is 0 Å². The zero-order valence-corrected chi connectivity index (χ0v) is 8.04. The molecule has 3 heteroatoms. The van der Waals surface area contributed by atoms with E-state index in [9.17, 15) is 0 Å². The van der Waals surface area contributed by atoms with E-state index in [0.717, 1.165) is 11.4 Å². The Bertz CT molecular complexity index is 223. The van der Waals surface area contributed by atoms with Crippen molar-refractivity contribution in [3.63, 3.8) is 0 Å². The second-order valence-corrected chi connectivity index (χ2v) is 3.49. The van der Waals surface area contributed by atoms with Crippen molar-refractivity contribution < 1.29 is 0 Å². The third-order valence-corrected chi connectivity index (χ3v) is 2.31. The SMILES string of the molecule is [B]N1C(=C)C(C)C(=C)N1C(C)C. The molecule has 1 heterocycles. The quantitative estimate of drug-likeness (QED) is 0.541. The fourth-order valence-electron chi connectivity index (χ4n) is 1.45. The van der Waals surface area contributed by atoms with Crippen LogP contribution in [0.5, 0.6) is 0 Å². The van der Waals surface area contributed by atoms with Gasteiger partial charge in [-0.05, 0) is 13.8 Å². The molecule has 0 aromatic rings. The molecular weight excluding hydrogens is 147 g/mol. The van der Waals surface area contributed by atoms with Gasteiger partial charge in [0.1, 0.15) is 0 Å². The van der Waals surface area contributed by atoms with Crippen molar-refractivity contribution in [2.45, 2.75) is 26.8 Å². The first-order valence-electron chi connectivity index (χ1n) is 4.18. The standard InChI is InChI=1S/C9H15BN2/c1-6(2)11-8(4)7(3)9(5)12(11)10/h6-7H,4-5H2,1-3H3. The van der Waals surface area contributed by atoms with Gasteiger partial charge < -0.3 is 9.93 Å². The van der Waals surface area contributed by atoms with Crippen LogP contribution in [0.2, 0.25) is 0 Å². The summed E-state index contributed by atoms with van der Waals surface area (Å²) in [6.45, 7) is 14.1. The van der Waals surface area contributed by atoms with Crippen molar-refractivity contribution in [3.8, 4) is 0 Å². The van der Waals surface area contributed by atoms with E-state index in [4.69, 9.17) is 7.98 Å². The minimum absolute atomic E-state index is 0.261. The Labute approximate surface area is 75.9 Å². The maximum absolute atomic E-state index is 5.80. The molecule has 1 fully saturated rings. The van der Waals surface area contributed by atoms with Gasteiger partial charge in [0.25, 0.3) is 7.98 Å². The summed E-state index contributed by atoms with van der Waals surface area (Å²) in [5.74, 6) is 0.261. The summed E-state index contributed by atoms with van der Waals surface area (Å²) in [6, 6.07) is 0.337. The first kappa shape index (κ1) is 9.23. The summed E-state index contributed by atoms with van der Waals surface area (Å²) in [5, 5.41) is 1.97. The van der Waals surface area contributed by atoms with Crippen molar-refractivity contribution >= 4 is 7.98 Å². The monoisotopic (exact) mass is 162 g/mol. The van der Waals surface area contributed by atoms with Gasteiger partial charge in [-0.25, -0.2) is 0 Å². The molecule has 1 saturated heterocycles. The number of hydrogen-bond acceptors (Lipinski definition) is 2. The maximum atomic E-state index is 5.80. The second-order valence-electron chi connectivity index (χ2n) is 3.49. The fourth-order valence-corrected chi connectivity index (χ4v) is 1.45. The predicted molar refractivity (Wildman–Crippen MR) is 52.0 cm³/mol. The first-order chi connectivity index (χ1) is 5.46. The predicted octanol–water partition coefficient (Wildman–Crippen LogP) is 1.67. The Morgan fingerprint density at radius 1 is 1.33 bits per heavy atom. The molecule has 0 saturated carbocycles. The molecule has 64 valence electrons.